The van der Waals surface area contributed by atoms with Gasteiger partial charge in [-0.3, -0.25) is 0 Å². The van der Waals surface area contributed by atoms with Crippen LogP contribution in [-0.2, 0) is 0 Å². The minimum Gasteiger partial charge on any atom is -0.455 e. The van der Waals surface area contributed by atoms with Crippen LogP contribution in [0, 0.1) is 0 Å². The molecular weight excluding hydrogens is 663 g/mol. The molecule has 11 rings (SSSR count). The summed E-state index contributed by atoms with van der Waals surface area (Å²) in [5.74, 6) is 0. The first-order chi connectivity index (χ1) is 26.2. The van der Waals surface area contributed by atoms with Crippen molar-refractivity contribution in [3.8, 4) is 22.3 Å². The van der Waals surface area contributed by atoms with Gasteiger partial charge in [0.05, 0.1) is 0 Å². The molecule has 0 spiro atoms. The molecule has 0 saturated heterocycles. The van der Waals surface area contributed by atoms with Gasteiger partial charge >= 0.3 is 0 Å². The van der Waals surface area contributed by atoms with Crippen LogP contribution >= 0.6 is 11.3 Å². The van der Waals surface area contributed by atoms with Crippen molar-refractivity contribution in [2.24, 2.45) is 0 Å². The van der Waals surface area contributed by atoms with Crippen LogP contribution in [0.15, 0.2) is 192 Å². The summed E-state index contributed by atoms with van der Waals surface area (Å²) in [4.78, 5) is 2.40. The summed E-state index contributed by atoms with van der Waals surface area (Å²) in [7, 11) is 0. The molecule has 248 valence electrons. The van der Waals surface area contributed by atoms with Gasteiger partial charge in [0.1, 0.15) is 11.2 Å². The molecule has 0 atom stereocenters. The van der Waals surface area contributed by atoms with Crippen LogP contribution in [0.5, 0.6) is 0 Å². The largest absolute Gasteiger partial charge is 0.455 e. The van der Waals surface area contributed by atoms with Gasteiger partial charge in [-0.1, -0.05) is 133 Å². The highest BCUT2D eigenvalue weighted by molar-refractivity contribution is 7.25. The van der Waals surface area contributed by atoms with Crippen LogP contribution in [0.25, 0.3) is 85.9 Å². The van der Waals surface area contributed by atoms with Gasteiger partial charge in [0, 0.05) is 53.6 Å². The summed E-state index contributed by atoms with van der Waals surface area (Å²) in [6.45, 7) is 0. The zero-order valence-corrected chi connectivity index (χ0v) is 29.5. The second kappa shape index (κ2) is 11.9. The van der Waals surface area contributed by atoms with E-state index in [1.54, 1.807) is 0 Å². The maximum atomic E-state index is 6.48. The van der Waals surface area contributed by atoms with Gasteiger partial charge in [0.25, 0.3) is 0 Å². The molecule has 0 radical (unpaired) electrons. The number of nitrogens with zero attached hydrogens (tertiary/aromatic N) is 1. The summed E-state index contributed by atoms with van der Waals surface area (Å²) in [6, 6.07) is 68.0. The van der Waals surface area contributed by atoms with E-state index >= 15 is 0 Å². The Morgan fingerprint density at radius 1 is 0.358 bits per heavy atom. The van der Waals surface area contributed by atoms with Gasteiger partial charge in [0.2, 0.25) is 0 Å². The SMILES string of the molecule is c1ccc(-c2cccc3c2oc2ccc(-c4ccc(N(c5ccc6c(c5)sc5ccccc56)c5ccc6ccc7ccccc7c6c5)cc4)cc23)cc1. The molecule has 0 N–H and O–H groups in total. The zero-order chi connectivity index (χ0) is 34.9. The third-order valence-corrected chi connectivity index (χ3v) is 11.8. The molecule has 0 fully saturated rings. The normalized spacial score (nSPS) is 11.8. The molecule has 0 aliphatic rings. The summed E-state index contributed by atoms with van der Waals surface area (Å²) in [6.07, 6.45) is 0. The third kappa shape index (κ3) is 4.93. The van der Waals surface area contributed by atoms with Crippen molar-refractivity contribution < 1.29 is 4.42 Å². The molecule has 2 nitrogen and oxygen atoms in total. The number of hydrogen-bond donors (Lipinski definition) is 0. The second-order valence-electron chi connectivity index (χ2n) is 13.7. The van der Waals surface area contributed by atoms with E-state index < -0.39 is 0 Å². The van der Waals surface area contributed by atoms with Crippen molar-refractivity contribution in [2.45, 2.75) is 0 Å². The second-order valence-corrected chi connectivity index (χ2v) is 14.8. The number of furan rings is 1. The summed E-state index contributed by atoms with van der Waals surface area (Å²) < 4.78 is 9.07. The minimum absolute atomic E-state index is 0.899. The van der Waals surface area contributed by atoms with E-state index in [0.29, 0.717) is 0 Å². The summed E-state index contributed by atoms with van der Waals surface area (Å²) >= 11 is 1.86. The molecular formula is C50H31NOS. The lowest BCUT2D eigenvalue weighted by molar-refractivity contribution is 0.670. The molecule has 53 heavy (non-hydrogen) atoms. The van der Waals surface area contributed by atoms with E-state index in [0.717, 1.165) is 61.3 Å². The lowest BCUT2D eigenvalue weighted by atomic mass is 9.99. The van der Waals surface area contributed by atoms with Gasteiger partial charge in [-0.2, -0.15) is 0 Å². The molecule has 0 aliphatic carbocycles. The average molecular weight is 694 g/mol. The molecule has 9 aromatic carbocycles. The lowest BCUT2D eigenvalue weighted by Crippen LogP contribution is -2.09. The highest BCUT2D eigenvalue weighted by Crippen LogP contribution is 2.43. The number of fused-ring (bicyclic) bond motifs is 9. The Morgan fingerprint density at radius 2 is 1.02 bits per heavy atom. The molecule has 0 unspecified atom stereocenters. The Morgan fingerprint density at radius 3 is 1.91 bits per heavy atom. The molecule has 11 aromatic rings. The highest BCUT2D eigenvalue weighted by atomic mass is 32.1. The predicted molar refractivity (Wildman–Crippen MR) is 227 cm³/mol. The van der Waals surface area contributed by atoms with Gasteiger partial charge in [0.15, 0.2) is 0 Å². The fourth-order valence-electron chi connectivity index (χ4n) is 8.06. The molecule has 3 heteroatoms. The van der Waals surface area contributed by atoms with Crippen LogP contribution in [0.3, 0.4) is 0 Å². The van der Waals surface area contributed by atoms with Crippen LogP contribution in [-0.4, -0.2) is 0 Å². The van der Waals surface area contributed by atoms with Gasteiger partial charge < -0.3 is 9.32 Å². The van der Waals surface area contributed by atoms with Crippen molar-refractivity contribution in [1.82, 2.24) is 0 Å². The van der Waals surface area contributed by atoms with Crippen molar-refractivity contribution in [1.29, 1.82) is 0 Å². The number of hydrogen-bond acceptors (Lipinski definition) is 3. The molecule has 2 heterocycles. The lowest BCUT2D eigenvalue weighted by Gasteiger charge is -2.26. The van der Waals surface area contributed by atoms with Crippen molar-refractivity contribution >= 4 is 92.1 Å². The van der Waals surface area contributed by atoms with E-state index in [-0.39, 0.29) is 0 Å². The first-order valence-electron chi connectivity index (χ1n) is 18.0. The number of thiophene rings is 1. The topological polar surface area (TPSA) is 16.4 Å². The van der Waals surface area contributed by atoms with Crippen LogP contribution in [0.1, 0.15) is 0 Å². The first-order valence-corrected chi connectivity index (χ1v) is 18.8. The Hall–Kier alpha value is -6.68. The minimum atomic E-state index is 0.899. The Labute approximate surface area is 310 Å². The predicted octanol–water partition coefficient (Wildman–Crippen LogP) is 15.1. The fourth-order valence-corrected chi connectivity index (χ4v) is 9.20. The third-order valence-electron chi connectivity index (χ3n) is 10.6. The quantitative estimate of drug-likeness (QED) is 0.167. The van der Waals surface area contributed by atoms with Crippen LogP contribution < -0.4 is 4.90 Å². The monoisotopic (exact) mass is 693 g/mol. The molecule has 0 amide bonds. The van der Waals surface area contributed by atoms with E-state index in [4.69, 9.17) is 4.42 Å². The zero-order valence-electron chi connectivity index (χ0n) is 28.7. The maximum Gasteiger partial charge on any atom is 0.143 e. The Kier molecular flexibility index (Phi) is 6.76. The summed E-state index contributed by atoms with van der Waals surface area (Å²) in [5, 5.41) is 9.87. The Bertz CT molecular complexity index is 3170. The van der Waals surface area contributed by atoms with Crippen LogP contribution in [0.2, 0.25) is 0 Å². The highest BCUT2D eigenvalue weighted by Gasteiger charge is 2.17. The van der Waals surface area contributed by atoms with Gasteiger partial charge in [-0.05, 0) is 92.8 Å². The van der Waals surface area contributed by atoms with E-state index in [2.05, 4.69) is 187 Å². The molecule has 0 saturated carbocycles. The van der Waals surface area contributed by atoms with E-state index in [1.807, 2.05) is 17.4 Å². The van der Waals surface area contributed by atoms with Crippen LogP contribution in [0.4, 0.5) is 17.1 Å². The average Bonchev–Trinajstić information content (AvgIpc) is 3.79. The molecule has 0 bridgehead atoms. The summed E-state index contributed by atoms with van der Waals surface area (Å²) in [5.41, 5.74) is 9.78. The van der Waals surface area contributed by atoms with E-state index in [1.165, 1.54) is 41.7 Å². The number of rotatable bonds is 5. The molecule has 2 aromatic heterocycles. The smallest absolute Gasteiger partial charge is 0.143 e. The number of anilines is 3. The van der Waals surface area contributed by atoms with Crippen molar-refractivity contribution in [3.63, 3.8) is 0 Å². The van der Waals surface area contributed by atoms with Gasteiger partial charge in [-0.15, -0.1) is 11.3 Å². The van der Waals surface area contributed by atoms with Crippen molar-refractivity contribution in [2.75, 3.05) is 4.90 Å². The van der Waals surface area contributed by atoms with Crippen molar-refractivity contribution in [3.05, 3.63) is 188 Å². The standard InChI is InChI=1S/C50H31NOS/c1-2-9-33(10-3-1)41-14-8-15-44-46-29-36(22-28-47(46)52-50(41)44)32-19-23-37(24-20-32)51(39-26-27-43-42-13-6-7-16-48(42)53-49(43)31-39)38-25-21-35-18-17-34-11-4-5-12-40(34)45(35)30-38/h1-31H. The fraction of sp³-hybridized carbons (Fsp3) is 0. The van der Waals surface area contributed by atoms with E-state index in [9.17, 15) is 0 Å². The molecule has 0 aliphatic heterocycles. The van der Waals surface area contributed by atoms with Gasteiger partial charge in [-0.25, -0.2) is 0 Å². The first kappa shape index (κ1) is 30.0. The Balaban J connectivity index is 1.04. The number of para-hydroxylation sites is 1. The number of benzene rings is 9. The maximum absolute atomic E-state index is 6.48.